The van der Waals surface area contributed by atoms with Gasteiger partial charge in [-0.2, -0.15) is 0 Å². The molecule has 0 bridgehead atoms. The Morgan fingerprint density at radius 1 is 1.41 bits per heavy atom. The molecule has 0 aromatic heterocycles. The Bertz CT molecular complexity index is 412. The van der Waals surface area contributed by atoms with Crippen LogP contribution in [0.25, 0.3) is 0 Å². The molecule has 0 fully saturated rings. The summed E-state index contributed by atoms with van der Waals surface area (Å²) < 4.78 is 40.2. The molecule has 3 nitrogen and oxygen atoms in total. The third-order valence-electron chi connectivity index (χ3n) is 1.65. The Labute approximate surface area is 110 Å². The zero-order valence-corrected chi connectivity index (χ0v) is 10.7. The molecule has 0 aliphatic carbocycles. The fourth-order valence-electron chi connectivity index (χ4n) is 1.04. The Hall–Kier alpha value is -0.790. The minimum Gasteiger partial charge on any atom is -0.405 e. The number of hydrogen-bond donors (Lipinski definition) is 1. The Morgan fingerprint density at radius 2 is 2.00 bits per heavy atom. The second kappa shape index (κ2) is 6.23. The lowest BCUT2D eigenvalue weighted by Gasteiger charge is -2.12. The van der Waals surface area contributed by atoms with Crippen LogP contribution in [0.1, 0.15) is 10.4 Å². The first-order valence-corrected chi connectivity index (χ1v) is 4.91. The highest BCUT2D eigenvalue weighted by Gasteiger charge is 2.32. The number of carbonyl (C=O) groups is 1. The fourth-order valence-corrected chi connectivity index (χ4v) is 1.40. The van der Waals surface area contributed by atoms with Gasteiger partial charge in [0.15, 0.2) is 5.78 Å². The highest BCUT2D eigenvalue weighted by molar-refractivity contribution is 9.10. The van der Waals surface area contributed by atoms with Gasteiger partial charge in [-0.25, -0.2) is 0 Å². The van der Waals surface area contributed by atoms with Crippen LogP contribution in [0.4, 0.5) is 13.2 Å². The molecule has 0 radical (unpaired) electrons. The monoisotopic (exact) mass is 333 g/mol. The number of ketones is 1. The molecule has 0 spiro atoms. The molecule has 1 aromatic rings. The van der Waals surface area contributed by atoms with Crippen molar-refractivity contribution in [3.05, 3.63) is 28.2 Å². The summed E-state index contributed by atoms with van der Waals surface area (Å²) >= 11 is 3.04. The van der Waals surface area contributed by atoms with Gasteiger partial charge in [0.25, 0.3) is 0 Å². The highest BCUT2D eigenvalue weighted by atomic mass is 79.9. The third-order valence-corrected chi connectivity index (χ3v) is 2.15. The van der Waals surface area contributed by atoms with Crippen LogP contribution < -0.4 is 10.5 Å². The maximum atomic E-state index is 12.0. The minimum absolute atomic E-state index is 0. The maximum absolute atomic E-state index is 12.0. The Kier molecular flexibility index (Phi) is 5.94. The first kappa shape index (κ1) is 16.2. The van der Waals surface area contributed by atoms with Crippen LogP contribution in [0.15, 0.2) is 22.7 Å². The van der Waals surface area contributed by atoms with Gasteiger partial charge in [-0.05, 0) is 18.2 Å². The van der Waals surface area contributed by atoms with E-state index in [0.717, 1.165) is 6.07 Å². The molecule has 0 heterocycles. The maximum Gasteiger partial charge on any atom is 0.573 e. The van der Waals surface area contributed by atoms with Crippen LogP contribution in [0.3, 0.4) is 0 Å². The number of carbonyl (C=O) groups excluding carboxylic acids is 1. The first-order valence-electron chi connectivity index (χ1n) is 4.12. The van der Waals surface area contributed by atoms with Gasteiger partial charge in [0.2, 0.25) is 0 Å². The molecule has 17 heavy (non-hydrogen) atoms. The molecule has 0 aliphatic rings. The van der Waals surface area contributed by atoms with Gasteiger partial charge in [0, 0.05) is 4.47 Å². The van der Waals surface area contributed by atoms with E-state index < -0.39 is 17.9 Å². The van der Waals surface area contributed by atoms with Gasteiger partial charge in [-0.3, -0.25) is 4.79 Å². The average Bonchev–Trinajstić information content (AvgIpc) is 2.17. The largest absolute Gasteiger partial charge is 0.573 e. The van der Waals surface area contributed by atoms with Crippen molar-refractivity contribution < 1.29 is 22.7 Å². The molecular formula is C9H8BrClF3NO2. The topological polar surface area (TPSA) is 52.3 Å². The lowest BCUT2D eigenvalue weighted by Crippen LogP contribution is -2.21. The van der Waals surface area contributed by atoms with Crippen molar-refractivity contribution in [1.29, 1.82) is 0 Å². The smallest absolute Gasteiger partial charge is 0.405 e. The van der Waals surface area contributed by atoms with E-state index in [1.54, 1.807) is 0 Å². The van der Waals surface area contributed by atoms with Gasteiger partial charge in [-0.15, -0.1) is 25.6 Å². The molecule has 0 saturated carbocycles. The SMILES string of the molecule is Cl.NCC(=O)c1cc(Br)ccc1OC(F)(F)F. The van der Waals surface area contributed by atoms with E-state index in [4.69, 9.17) is 5.73 Å². The van der Waals surface area contributed by atoms with Gasteiger partial charge in [-0.1, -0.05) is 15.9 Å². The normalized spacial score (nSPS) is 10.6. The lowest BCUT2D eigenvalue weighted by atomic mass is 10.1. The summed E-state index contributed by atoms with van der Waals surface area (Å²) in [5.74, 6) is -1.17. The van der Waals surface area contributed by atoms with E-state index in [-0.39, 0.29) is 24.5 Å². The van der Waals surface area contributed by atoms with E-state index in [9.17, 15) is 18.0 Å². The summed E-state index contributed by atoms with van der Waals surface area (Å²) in [5.41, 5.74) is 4.89. The molecule has 1 rings (SSSR count). The number of alkyl halides is 3. The molecular weight excluding hydrogens is 326 g/mol. The second-order valence-corrected chi connectivity index (χ2v) is 3.73. The molecule has 1 aromatic carbocycles. The van der Waals surface area contributed by atoms with Crippen LogP contribution in [0, 0.1) is 0 Å². The standard InChI is InChI=1S/C9H7BrF3NO2.ClH/c10-5-1-2-8(16-9(11,12)13)6(3-5)7(15)4-14;/h1-3H,4,14H2;1H. The van der Waals surface area contributed by atoms with E-state index in [2.05, 4.69) is 20.7 Å². The van der Waals surface area contributed by atoms with E-state index >= 15 is 0 Å². The molecule has 0 amide bonds. The number of hydrogen-bond acceptors (Lipinski definition) is 3. The number of rotatable bonds is 3. The highest BCUT2D eigenvalue weighted by Crippen LogP contribution is 2.28. The zero-order chi connectivity index (χ0) is 12.3. The van der Waals surface area contributed by atoms with Gasteiger partial charge in [0.1, 0.15) is 5.75 Å². The van der Waals surface area contributed by atoms with Crippen molar-refractivity contribution in [1.82, 2.24) is 0 Å². The molecule has 0 atom stereocenters. The number of benzene rings is 1. The summed E-state index contributed by atoms with van der Waals surface area (Å²) in [7, 11) is 0. The lowest BCUT2D eigenvalue weighted by molar-refractivity contribution is -0.274. The Morgan fingerprint density at radius 3 is 2.47 bits per heavy atom. The van der Waals surface area contributed by atoms with Crippen LogP contribution >= 0.6 is 28.3 Å². The van der Waals surface area contributed by atoms with Crippen molar-refractivity contribution in [2.24, 2.45) is 5.73 Å². The summed E-state index contributed by atoms with van der Waals surface area (Å²) in [5, 5.41) is 0. The summed E-state index contributed by atoms with van der Waals surface area (Å²) in [6, 6.07) is 3.63. The van der Waals surface area contributed by atoms with E-state index in [1.807, 2.05) is 0 Å². The first-order chi connectivity index (χ1) is 7.33. The van der Waals surface area contributed by atoms with Crippen LogP contribution in [0.2, 0.25) is 0 Å². The van der Waals surface area contributed by atoms with E-state index in [1.165, 1.54) is 12.1 Å². The van der Waals surface area contributed by atoms with Crippen molar-refractivity contribution in [2.45, 2.75) is 6.36 Å². The number of Topliss-reactive ketones (excluding diaryl/α,β-unsaturated/α-hetero) is 1. The third kappa shape index (κ3) is 4.93. The molecule has 8 heteroatoms. The second-order valence-electron chi connectivity index (χ2n) is 2.82. The van der Waals surface area contributed by atoms with Gasteiger partial charge in [0.05, 0.1) is 12.1 Å². The molecule has 2 N–H and O–H groups in total. The van der Waals surface area contributed by atoms with Crippen molar-refractivity contribution in [3.63, 3.8) is 0 Å². The summed E-state index contributed by atoms with van der Waals surface area (Å²) in [4.78, 5) is 11.3. The van der Waals surface area contributed by atoms with E-state index in [0.29, 0.717) is 4.47 Å². The van der Waals surface area contributed by atoms with Crippen molar-refractivity contribution in [3.8, 4) is 5.75 Å². The fraction of sp³-hybridized carbons (Fsp3) is 0.222. The summed E-state index contributed by atoms with van der Waals surface area (Å²) in [6.45, 7) is -0.384. The van der Waals surface area contributed by atoms with Crippen molar-refractivity contribution in [2.75, 3.05) is 6.54 Å². The van der Waals surface area contributed by atoms with Gasteiger partial charge < -0.3 is 10.5 Å². The van der Waals surface area contributed by atoms with Crippen LogP contribution in [0.5, 0.6) is 5.75 Å². The quantitative estimate of drug-likeness (QED) is 0.865. The summed E-state index contributed by atoms with van der Waals surface area (Å²) in [6.07, 6.45) is -4.84. The molecule has 0 unspecified atom stereocenters. The minimum atomic E-state index is -4.84. The Balaban J connectivity index is 0.00000256. The molecule has 0 aliphatic heterocycles. The van der Waals surface area contributed by atoms with Gasteiger partial charge >= 0.3 is 6.36 Å². The molecule has 96 valence electrons. The molecule has 0 saturated heterocycles. The predicted octanol–water partition coefficient (Wildman–Crippen LogP) is 2.91. The van der Waals surface area contributed by atoms with Crippen LogP contribution in [-0.2, 0) is 0 Å². The number of halogens is 5. The van der Waals surface area contributed by atoms with Crippen LogP contribution in [-0.4, -0.2) is 18.7 Å². The average molecular weight is 335 g/mol. The predicted molar refractivity (Wildman–Crippen MR) is 61.5 cm³/mol. The number of ether oxygens (including phenoxy) is 1. The van der Waals surface area contributed by atoms with Crippen molar-refractivity contribution >= 4 is 34.1 Å². The number of nitrogens with two attached hydrogens (primary N) is 1. The zero-order valence-electron chi connectivity index (χ0n) is 8.25.